The Morgan fingerprint density at radius 1 is 0.618 bits per heavy atom. The van der Waals surface area contributed by atoms with Gasteiger partial charge in [0, 0.05) is 33.7 Å². The van der Waals surface area contributed by atoms with Crippen molar-refractivity contribution in [1.82, 2.24) is 0 Å². The van der Waals surface area contributed by atoms with Gasteiger partial charge < -0.3 is 9.47 Å². The van der Waals surface area contributed by atoms with E-state index in [4.69, 9.17) is 27.9 Å². The van der Waals surface area contributed by atoms with Gasteiger partial charge in [0.05, 0.1) is 19.6 Å². The second kappa shape index (κ2) is 22.7. The van der Waals surface area contributed by atoms with Gasteiger partial charge in [-0.2, -0.15) is 0 Å². The standard InChI is InChI=1S/C21H19O2P.C13H13BrO2.C10H9BrO.CH2Cl2/c1-23-21(22)17-24(18-11-5-2-6-12-18,19-13-7-3-8-14-19)20-15-9-4-10-16-20;1-16-13(15)7-9-5-11(6-9)10-3-2-4-12(14)8-10;11-9-3-1-2-7(4-9)8-5-10(12)6-8;2-1-3/h2-17H,1H3;2-4,7-8,11H,5-6H2,1H3;1-4,8H,5-6H2;1H2. The molecule has 0 radical (unpaired) electrons. The van der Waals surface area contributed by atoms with Crippen LogP contribution < -0.4 is 15.9 Å². The highest BCUT2D eigenvalue weighted by Gasteiger charge is 2.28. The summed E-state index contributed by atoms with van der Waals surface area (Å²) in [5, 5.41) is 3.59. The van der Waals surface area contributed by atoms with Crippen molar-refractivity contribution in [1.29, 1.82) is 0 Å². The molecular weight excluding hydrogens is 882 g/mol. The SMILES string of the molecule is COC(=O)C=C1CC(c2cccc(Br)c2)C1.COC(=O)C=P(c1ccccc1)(c1ccccc1)c1ccccc1.ClCCl.O=C1CC(c2cccc(Br)c2)C1. The number of Topliss-reactive ketones (excluding diaryl/α,β-unsaturated/α-hetero) is 1. The molecule has 0 saturated heterocycles. The maximum Gasteiger partial charge on any atom is 0.331 e. The molecule has 2 aliphatic carbocycles. The number of carbonyl (C=O) groups excluding carboxylic acids is 3. The van der Waals surface area contributed by atoms with E-state index in [0.29, 0.717) is 17.6 Å². The first-order valence-electron chi connectivity index (χ1n) is 17.5. The number of allylic oxidation sites excluding steroid dienone is 1. The minimum absolute atomic E-state index is 0.194. The van der Waals surface area contributed by atoms with Gasteiger partial charge in [0.2, 0.25) is 0 Å². The average Bonchev–Trinajstić information content (AvgIpc) is 3.18. The van der Waals surface area contributed by atoms with Crippen LogP contribution >= 0.6 is 61.9 Å². The highest BCUT2D eigenvalue weighted by molar-refractivity contribution is 9.10. The number of esters is 2. The molecule has 2 aliphatic rings. The summed E-state index contributed by atoms with van der Waals surface area (Å²) in [6.45, 7) is -2.23. The number of rotatable bonds is 7. The lowest BCUT2D eigenvalue weighted by Crippen LogP contribution is -2.28. The molecule has 10 heteroatoms. The Kier molecular flexibility index (Phi) is 18.2. The zero-order valence-electron chi connectivity index (χ0n) is 30.6. The Labute approximate surface area is 351 Å². The van der Waals surface area contributed by atoms with Crippen LogP contribution in [0.15, 0.2) is 160 Å². The number of alkyl halides is 2. The van der Waals surface area contributed by atoms with Crippen molar-refractivity contribution in [2.24, 2.45) is 0 Å². The van der Waals surface area contributed by atoms with Crippen molar-refractivity contribution in [3.05, 3.63) is 171 Å². The molecule has 0 bridgehead atoms. The van der Waals surface area contributed by atoms with Crippen LogP contribution in [0.2, 0.25) is 0 Å². The zero-order chi connectivity index (χ0) is 39.6. The second-order valence-electron chi connectivity index (χ2n) is 12.7. The predicted molar refractivity (Wildman–Crippen MR) is 237 cm³/mol. The lowest BCUT2D eigenvalue weighted by atomic mass is 9.75. The summed E-state index contributed by atoms with van der Waals surface area (Å²) in [5.74, 6) is 2.64. The molecule has 0 atom stereocenters. The molecule has 0 spiro atoms. The molecule has 0 N–H and O–H groups in total. The van der Waals surface area contributed by atoms with Crippen molar-refractivity contribution < 1.29 is 23.9 Å². The Balaban J connectivity index is 0.000000187. The Morgan fingerprint density at radius 3 is 1.35 bits per heavy atom. The molecule has 286 valence electrons. The fourth-order valence-electron chi connectivity index (χ4n) is 6.27. The van der Waals surface area contributed by atoms with Crippen molar-refractivity contribution in [3.63, 3.8) is 0 Å². The smallest absolute Gasteiger partial charge is 0.331 e. The molecule has 7 rings (SSSR count). The third-order valence-electron chi connectivity index (χ3n) is 9.12. The van der Waals surface area contributed by atoms with Crippen LogP contribution in [0.3, 0.4) is 0 Å². The lowest BCUT2D eigenvalue weighted by molar-refractivity contribution is -0.135. The first-order valence-corrected chi connectivity index (χ1v) is 22.1. The fraction of sp³-hybridized carbons (Fsp3) is 0.200. The van der Waals surface area contributed by atoms with Gasteiger partial charge in [-0.25, -0.2) is 9.59 Å². The molecule has 5 aromatic rings. The molecule has 5 nitrogen and oxygen atoms in total. The molecule has 2 saturated carbocycles. The van der Waals surface area contributed by atoms with Crippen LogP contribution in [-0.4, -0.2) is 43.1 Å². The van der Waals surface area contributed by atoms with Crippen LogP contribution in [0.4, 0.5) is 0 Å². The number of methoxy groups -OCH3 is 2. The van der Waals surface area contributed by atoms with Crippen LogP contribution in [-0.2, 0) is 23.9 Å². The van der Waals surface area contributed by atoms with E-state index in [1.165, 1.54) is 30.9 Å². The quantitative estimate of drug-likeness (QED) is 0.0704. The average molecular weight is 926 g/mol. The van der Waals surface area contributed by atoms with E-state index in [2.05, 4.69) is 97.3 Å². The Hall–Kier alpha value is -3.71. The third-order valence-corrected chi connectivity index (χ3v) is 14.0. The topological polar surface area (TPSA) is 69.7 Å². The summed E-state index contributed by atoms with van der Waals surface area (Å²) in [6, 6.07) is 47.1. The number of carbonyl (C=O) groups is 3. The Morgan fingerprint density at radius 2 is 1.00 bits per heavy atom. The summed E-state index contributed by atoms with van der Waals surface area (Å²) in [4.78, 5) is 34.1. The first kappa shape index (κ1) is 44.0. The highest BCUT2D eigenvalue weighted by Crippen LogP contribution is 2.44. The van der Waals surface area contributed by atoms with Crippen LogP contribution in [0.5, 0.6) is 0 Å². The fourth-order valence-corrected chi connectivity index (χ4v) is 10.8. The maximum atomic E-state index is 12.3. The Bertz CT molecular complexity index is 1970. The van der Waals surface area contributed by atoms with Gasteiger partial charge in [-0.15, -0.1) is 23.2 Å². The van der Waals surface area contributed by atoms with Gasteiger partial charge in [0.25, 0.3) is 0 Å². The number of hydrogen-bond donors (Lipinski definition) is 0. The minimum atomic E-state index is -2.23. The van der Waals surface area contributed by atoms with Crippen molar-refractivity contribution in [2.75, 3.05) is 19.6 Å². The van der Waals surface area contributed by atoms with Crippen molar-refractivity contribution in [2.45, 2.75) is 37.5 Å². The number of ether oxygens (including phenoxy) is 2. The normalized spacial score (nSPS) is 14.4. The van der Waals surface area contributed by atoms with Crippen LogP contribution in [0.1, 0.15) is 48.6 Å². The molecule has 0 aliphatic heterocycles. The lowest BCUT2D eigenvalue weighted by Gasteiger charge is -2.29. The van der Waals surface area contributed by atoms with E-state index in [-0.39, 0.29) is 17.3 Å². The summed E-state index contributed by atoms with van der Waals surface area (Å²) in [6.07, 6.45) is 5.00. The van der Waals surface area contributed by atoms with Gasteiger partial charge in [-0.3, -0.25) is 4.79 Å². The molecule has 0 aromatic heterocycles. The highest BCUT2D eigenvalue weighted by atomic mass is 79.9. The minimum Gasteiger partial charge on any atom is -0.466 e. The molecule has 0 heterocycles. The molecule has 55 heavy (non-hydrogen) atoms. The monoisotopic (exact) mass is 922 g/mol. The summed E-state index contributed by atoms with van der Waals surface area (Å²) in [5.41, 5.74) is 3.79. The van der Waals surface area contributed by atoms with Gasteiger partial charge in [0.1, 0.15) is 5.78 Å². The summed E-state index contributed by atoms with van der Waals surface area (Å²) in [7, 11) is 2.83. The van der Waals surface area contributed by atoms with Crippen LogP contribution in [0.25, 0.3) is 0 Å². The van der Waals surface area contributed by atoms with Crippen molar-refractivity contribution in [3.8, 4) is 0 Å². The van der Waals surface area contributed by atoms with Gasteiger partial charge in [-0.1, -0.05) is 153 Å². The van der Waals surface area contributed by atoms with E-state index in [0.717, 1.165) is 50.5 Å². The van der Waals surface area contributed by atoms with E-state index < -0.39 is 6.89 Å². The number of hydrogen-bond acceptors (Lipinski definition) is 5. The summed E-state index contributed by atoms with van der Waals surface area (Å²) >= 11 is 16.4. The third kappa shape index (κ3) is 12.9. The maximum absolute atomic E-state index is 12.3. The largest absolute Gasteiger partial charge is 0.466 e. The van der Waals surface area contributed by atoms with Gasteiger partial charge in [-0.05, 0) is 82.9 Å². The number of ketones is 1. The van der Waals surface area contributed by atoms with E-state index >= 15 is 0 Å². The molecule has 0 unspecified atom stereocenters. The molecule has 0 amide bonds. The van der Waals surface area contributed by atoms with E-state index in [1.807, 2.05) is 78.9 Å². The molecular formula is C45H43Br2Cl2O5P. The van der Waals surface area contributed by atoms with Gasteiger partial charge in [0.15, 0.2) is 0 Å². The van der Waals surface area contributed by atoms with Gasteiger partial charge >= 0.3 is 11.9 Å². The van der Waals surface area contributed by atoms with Crippen LogP contribution in [0, 0.1) is 0 Å². The van der Waals surface area contributed by atoms with Crippen molar-refractivity contribution >= 4 is 101 Å². The molecule has 5 aromatic carbocycles. The van der Waals surface area contributed by atoms with E-state index in [1.54, 1.807) is 11.9 Å². The number of benzene rings is 5. The molecule has 2 fully saturated rings. The number of halogens is 4. The second-order valence-corrected chi connectivity index (χ2v) is 18.6. The zero-order valence-corrected chi connectivity index (χ0v) is 36.2. The summed E-state index contributed by atoms with van der Waals surface area (Å²) < 4.78 is 11.8. The predicted octanol–water partition coefficient (Wildman–Crippen LogP) is 10.7. The first-order chi connectivity index (χ1) is 26.6. The van der Waals surface area contributed by atoms with E-state index in [9.17, 15) is 14.4 Å².